The maximum absolute atomic E-state index is 12.6. The van der Waals surface area contributed by atoms with E-state index in [0.717, 1.165) is 24.0 Å². The van der Waals surface area contributed by atoms with Gasteiger partial charge in [-0.3, -0.25) is 9.59 Å². The molecule has 1 N–H and O–H groups in total. The monoisotopic (exact) mass is 275 g/mol. The highest BCUT2D eigenvalue weighted by Crippen LogP contribution is 2.49. The minimum absolute atomic E-state index is 0.0381. The molecule has 4 nitrogen and oxygen atoms in total. The summed E-state index contributed by atoms with van der Waals surface area (Å²) in [5, 5.41) is 8.95. The predicted molar refractivity (Wildman–Crippen MR) is 76.5 cm³/mol. The number of carbonyl (C=O) groups excluding carboxylic acids is 1. The van der Waals surface area contributed by atoms with Crippen LogP contribution in [0, 0.1) is 12.8 Å². The molecule has 0 spiro atoms. The summed E-state index contributed by atoms with van der Waals surface area (Å²) in [5.74, 6) is -1.38. The second-order valence-corrected chi connectivity index (χ2v) is 5.88. The SMILES string of the molecule is Cc1cccc(C2(C(=O)N(C)CC(C)C(=O)O)CC2)c1. The summed E-state index contributed by atoms with van der Waals surface area (Å²) in [6.07, 6.45) is 1.70. The van der Waals surface area contributed by atoms with E-state index >= 15 is 0 Å². The number of hydrogen-bond acceptors (Lipinski definition) is 2. The maximum Gasteiger partial charge on any atom is 0.308 e. The molecule has 1 saturated carbocycles. The van der Waals surface area contributed by atoms with Crippen molar-refractivity contribution in [3.05, 3.63) is 35.4 Å². The molecule has 1 aromatic rings. The second-order valence-electron chi connectivity index (χ2n) is 5.88. The van der Waals surface area contributed by atoms with Gasteiger partial charge in [-0.25, -0.2) is 0 Å². The van der Waals surface area contributed by atoms with E-state index in [1.54, 1.807) is 18.9 Å². The highest BCUT2D eigenvalue weighted by Gasteiger charge is 2.52. The fourth-order valence-electron chi connectivity index (χ4n) is 2.63. The van der Waals surface area contributed by atoms with Gasteiger partial charge < -0.3 is 10.0 Å². The smallest absolute Gasteiger partial charge is 0.308 e. The lowest BCUT2D eigenvalue weighted by Gasteiger charge is -2.25. The quantitative estimate of drug-likeness (QED) is 0.896. The van der Waals surface area contributed by atoms with Crippen LogP contribution in [0.4, 0.5) is 0 Å². The molecule has 2 rings (SSSR count). The number of benzene rings is 1. The molecule has 0 aromatic heterocycles. The topological polar surface area (TPSA) is 57.6 Å². The number of aryl methyl sites for hydroxylation is 1. The Kier molecular flexibility index (Phi) is 3.84. The highest BCUT2D eigenvalue weighted by molar-refractivity contribution is 5.91. The summed E-state index contributed by atoms with van der Waals surface area (Å²) >= 11 is 0. The lowest BCUT2D eigenvalue weighted by Crippen LogP contribution is -2.40. The molecular weight excluding hydrogens is 254 g/mol. The van der Waals surface area contributed by atoms with Crippen LogP contribution in [0.15, 0.2) is 24.3 Å². The van der Waals surface area contributed by atoms with Gasteiger partial charge in [-0.15, -0.1) is 0 Å². The van der Waals surface area contributed by atoms with Crippen LogP contribution in [0.3, 0.4) is 0 Å². The fourth-order valence-corrected chi connectivity index (χ4v) is 2.63. The van der Waals surface area contributed by atoms with Crippen molar-refractivity contribution in [3.8, 4) is 0 Å². The van der Waals surface area contributed by atoms with E-state index < -0.39 is 17.3 Å². The Morgan fingerprint density at radius 2 is 2.05 bits per heavy atom. The number of hydrogen-bond donors (Lipinski definition) is 1. The van der Waals surface area contributed by atoms with Crippen LogP contribution in [0.1, 0.15) is 30.9 Å². The van der Waals surface area contributed by atoms with Crippen LogP contribution >= 0.6 is 0 Å². The van der Waals surface area contributed by atoms with Crippen molar-refractivity contribution >= 4 is 11.9 Å². The first-order chi connectivity index (χ1) is 9.36. The molecule has 0 bridgehead atoms. The van der Waals surface area contributed by atoms with Crippen molar-refractivity contribution in [3.63, 3.8) is 0 Å². The van der Waals surface area contributed by atoms with E-state index in [4.69, 9.17) is 5.11 Å². The molecule has 1 unspecified atom stereocenters. The first kappa shape index (κ1) is 14.6. The Bertz CT molecular complexity index is 534. The summed E-state index contributed by atoms with van der Waals surface area (Å²) in [4.78, 5) is 25.1. The zero-order valence-electron chi connectivity index (χ0n) is 12.2. The first-order valence-electron chi connectivity index (χ1n) is 6.92. The van der Waals surface area contributed by atoms with Crippen molar-refractivity contribution < 1.29 is 14.7 Å². The lowest BCUT2D eigenvalue weighted by molar-refractivity contribution is -0.143. The average Bonchev–Trinajstić information content (AvgIpc) is 3.19. The van der Waals surface area contributed by atoms with Crippen LogP contribution in [0.2, 0.25) is 0 Å². The third-order valence-corrected chi connectivity index (χ3v) is 4.05. The largest absolute Gasteiger partial charge is 0.481 e. The Morgan fingerprint density at radius 1 is 1.40 bits per heavy atom. The first-order valence-corrected chi connectivity index (χ1v) is 6.92. The lowest BCUT2D eigenvalue weighted by atomic mass is 9.93. The van der Waals surface area contributed by atoms with Gasteiger partial charge in [0.25, 0.3) is 0 Å². The molecule has 4 heteroatoms. The summed E-state index contributed by atoms with van der Waals surface area (Å²) in [7, 11) is 1.69. The molecule has 0 aliphatic heterocycles. The second kappa shape index (κ2) is 5.27. The van der Waals surface area contributed by atoms with Crippen molar-refractivity contribution in [1.82, 2.24) is 4.90 Å². The summed E-state index contributed by atoms with van der Waals surface area (Å²) in [6, 6.07) is 8.03. The van der Waals surface area contributed by atoms with Gasteiger partial charge in [0.1, 0.15) is 0 Å². The number of carboxylic acid groups (broad SMARTS) is 1. The van der Waals surface area contributed by atoms with E-state index in [1.165, 1.54) is 0 Å². The molecule has 0 radical (unpaired) electrons. The van der Waals surface area contributed by atoms with Gasteiger partial charge >= 0.3 is 5.97 Å². The fraction of sp³-hybridized carbons (Fsp3) is 0.500. The number of likely N-dealkylation sites (N-methyl/N-ethyl adjacent to an activating group) is 1. The minimum Gasteiger partial charge on any atom is -0.481 e. The summed E-state index contributed by atoms with van der Waals surface area (Å²) in [6.45, 7) is 3.89. The third kappa shape index (κ3) is 2.69. The van der Waals surface area contributed by atoms with E-state index in [9.17, 15) is 9.59 Å². The van der Waals surface area contributed by atoms with Gasteiger partial charge in [-0.2, -0.15) is 0 Å². The molecule has 1 atom stereocenters. The maximum atomic E-state index is 12.6. The molecular formula is C16H21NO3. The predicted octanol–water partition coefficient (Wildman–Crippen LogP) is 2.21. The van der Waals surface area contributed by atoms with E-state index in [2.05, 4.69) is 6.07 Å². The summed E-state index contributed by atoms with van der Waals surface area (Å²) in [5.41, 5.74) is 1.78. The van der Waals surface area contributed by atoms with Crippen molar-refractivity contribution in [1.29, 1.82) is 0 Å². The molecule has 1 amide bonds. The highest BCUT2D eigenvalue weighted by atomic mass is 16.4. The minimum atomic E-state index is -0.870. The number of carbonyl (C=O) groups is 2. The number of carboxylic acids is 1. The summed E-state index contributed by atoms with van der Waals surface area (Å²) < 4.78 is 0. The molecule has 0 heterocycles. The van der Waals surface area contributed by atoms with Crippen LogP contribution in [-0.4, -0.2) is 35.5 Å². The third-order valence-electron chi connectivity index (χ3n) is 4.05. The zero-order valence-corrected chi connectivity index (χ0v) is 12.2. The molecule has 108 valence electrons. The number of aliphatic carboxylic acids is 1. The van der Waals surface area contributed by atoms with Gasteiger partial charge in [-0.1, -0.05) is 36.8 Å². The Balaban J connectivity index is 2.14. The van der Waals surface area contributed by atoms with Crippen LogP contribution in [0.25, 0.3) is 0 Å². The van der Waals surface area contributed by atoms with Gasteiger partial charge in [-0.05, 0) is 25.3 Å². The molecule has 1 aliphatic rings. The molecule has 1 aromatic carbocycles. The number of amides is 1. The van der Waals surface area contributed by atoms with Gasteiger partial charge in [0, 0.05) is 13.6 Å². The normalized spacial score (nSPS) is 17.4. The standard InChI is InChI=1S/C16H21NO3/c1-11-5-4-6-13(9-11)16(7-8-16)15(20)17(3)10-12(2)14(18)19/h4-6,9,12H,7-8,10H2,1-3H3,(H,18,19). The van der Waals surface area contributed by atoms with Crippen LogP contribution in [-0.2, 0) is 15.0 Å². The van der Waals surface area contributed by atoms with Crippen molar-refractivity contribution in [2.45, 2.75) is 32.1 Å². The van der Waals surface area contributed by atoms with Gasteiger partial charge in [0.2, 0.25) is 5.91 Å². The Labute approximate surface area is 119 Å². The van der Waals surface area contributed by atoms with Gasteiger partial charge in [0.05, 0.1) is 11.3 Å². The zero-order chi connectivity index (χ0) is 14.9. The van der Waals surface area contributed by atoms with E-state index in [0.29, 0.717) is 0 Å². The average molecular weight is 275 g/mol. The van der Waals surface area contributed by atoms with Gasteiger partial charge in [0.15, 0.2) is 0 Å². The van der Waals surface area contributed by atoms with Crippen LogP contribution < -0.4 is 0 Å². The van der Waals surface area contributed by atoms with Crippen molar-refractivity contribution in [2.24, 2.45) is 5.92 Å². The van der Waals surface area contributed by atoms with Crippen LogP contribution in [0.5, 0.6) is 0 Å². The molecule has 0 saturated heterocycles. The number of rotatable bonds is 5. The molecule has 20 heavy (non-hydrogen) atoms. The molecule has 1 fully saturated rings. The molecule has 1 aliphatic carbocycles. The van der Waals surface area contributed by atoms with E-state index in [-0.39, 0.29) is 12.5 Å². The Hall–Kier alpha value is -1.84. The van der Waals surface area contributed by atoms with E-state index in [1.807, 2.05) is 25.1 Å². The van der Waals surface area contributed by atoms with Crippen molar-refractivity contribution in [2.75, 3.05) is 13.6 Å². The number of nitrogens with zero attached hydrogens (tertiary/aromatic N) is 1. The Morgan fingerprint density at radius 3 is 2.55 bits per heavy atom.